The van der Waals surface area contributed by atoms with Gasteiger partial charge in [0.1, 0.15) is 0 Å². The Bertz CT molecular complexity index is 351. The first-order chi connectivity index (χ1) is 6.43. The Hall–Kier alpha value is -0.770. The first-order valence-corrected chi connectivity index (χ1v) is 4.82. The molecule has 0 saturated carbocycles. The van der Waals surface area contributed by atoms with Gasteiger partial charge in [0.25, 0.3) is 6.43 Å². The molecule has 0 spiro atoms. The zero-order valence-corrected chi connectivity index (χ0v) is 9.36. The topological polar surface area (TPSA) is 17.1 Å². The highest BCUT2D eigenvalue weighted by Gasteiger charge is 2.16. The van der Waals surface area contributed by atoms with E-state index in [0.29, 0.717) is 11.1 Å². The van der Waals surface area contributed by atoms with Crippen molar-refractivity contribution in [3.8, 4) is 0 Å². The van der Waals surface area contributed by atoms with Crippen molar-refractivity contribution in [3.63, 3.8) is 0 Å². The fourth-order valence-corrected chi connectivity index (χ4v) is 1.97. The highest BCUT2D eigenvalue weighted by Crippen LogP contribution is 2.31. The van der Waals surface area contributed by atoms with Gasteiger partial charge in [-0.1, -0.05) is 15.9 Å². The summed E-state index contributed by atoms with van der Waals surface area (Å²) in [5.41, 5.74) is 0.827. The molecule has 0 heterocycles. The van der Waals surface area contributed by atoms with Crippen LogP contribution >= 0.6 is 15.9 Å². The standard InChI is InChI=1S/C10H9BrF2O/c1-5-3-7(6(2)14)4-8(11)9(5)10(12)13/h3-4,10H,1-2H3. The van der Waals surface area contributed by atoms with Gasteiger partial charge in [-0.3, -0.25) is 4.79 Å². The van der Waals surface area contributed by atoms with Gasteiger partial charge in [0, 0.05) is 15.6 Å². The van der Waals surface area contributed by atoms with Gasteiger partial charge in [-0.15, -0.1) is 0 Å². The average molecular weight is 263 g/mol. The molecule has 1 aromatic rings. The van der Waals surface area contributed by atoms with Gasteiger partial charge < -0.3 is 0 Å². The molecule has 1 nitrogen and oxygen atoms in total. The molecule has 4 heteroatoms. The Morgan fingerprint density at radius 2 is 2.00 bits per heavy atom. The van der Waals surface area contributed by atoms with Crippen molar-refractivity contribution in [1.82, 2.24) is 0 Å². The van der Waals surface area contributed by atoms with Gasteiger partial charge in [0.05, 0.1) is 0 Å². The van der Waals surface area contributed by atoms with E-state index in [9.17, 15) is 13.6 Å². The summed E-state index contributed by atoms with van der Waals surface area (Å²) in [7, 11) is 0. The van der Waals surface area contributed by atoms with Gasteiger partial charge in [-0.2, -0.15) is 0 Å². The molecule has 0 aliphatic heterocycles. The number of rotatable bonds is 2. The summed E-state index contributed by atoms with van der Waals surface area (Å²) in [5.74, 6) is -0.130. The summed E-state index contributed by atoms with van der Waals surface area (Å²) in [4.78, 5) is 11.0. The highest BCUT2D eigenvalue weighted by molar-refractivity contribution is 9.10. The van der Waals surface area contributed by atoms with Gasteiger partial charge in [0.2, 0.25) is 0 Å². The molecule has 0 aromatic heterocycles. The number of hydrogen-bond donors (Lipinski definition) is 0. The number of benzene rings is 1. The van der Waals surface area contributed by atoms with Gasteiger partial charge >= 0.3 is 0 Å². The minimum Gasteiger partial charge on any atom is -0.295 e. The van der Waals surface area contributed by atoms with Crippen molar-refractivity contribution in [2.24, 2.45) is 0 Å². The van der Waals surface area contributed by atoms with Crippen LogP contribution in [0.15, 0.2) is 16.6 Å². The maximum Gasteiger partial charge on any atom is 0.265 e. The second kappa shape index (κ2) is 4.17. The van der Waals surface area contributed by atoms with Gasteiger partial charge in [-0.25, -0.2) is 8.78 Å². The van der Waals surface area contributed by atoms with Gasteiger partial charge in [0.15, 0.2) is 5.78 Å². The van der Waals surface area contributed by atoms with Crippen LogP contribution in [-0.2, 0) is 0 Å². The monoisotopic (exact) mass is 262 g/mol. The summed E-state index contributed by atoms with van der Waals surface area (Å²) >= 11 is 3.03. The van der Waals surface area contributed by atoms with Crippen LogP contribution < -0.4 is 0 Å². The molecule has 76 valence electrons. The molecule has 0 unspecified atom stereocenters. The predicted molar refractivity (Wildman–Crippen MR) is 53.8 cm³/mol. The van der Waals surface area contributed by atoms with Crippen LogP contribution in [0.1, 0.15) is 34.8 Å². The fraction of sp³-hybridized carbons (Fsp3) is 0.300. The summed E-state index contributed by atoms with van der Waals surface area (Å²) in [6, 6.07) is 2.91. The van der Waals surface area contributed by atoms with Crippen molar-refractivity contribution in [2.45, 2.75) is 20.3 Å². The van der Waals surface area contributed by atoms with E-state index in [2.05, 4.69) is 15.9 Å². The van der Waals surface area contributed by atoms with E-state index in [4.69, 9.17) is 0 Å². The number of aryl methyl sites for hydroxylation is 1. The van der Waals surface area contributed by atoms with Crippen LogP contribution in [-0.4, -0.2) is 5.78 Å². The molecule has 14 heavy (non-hydrogen) atoms. The molecule has 0 saturated heterocycles. The molecule has 0 aliphatic rings. The third-order valence-electron chi connectivity index (χ3n) is 1.96. The second-order valence-corrected chi connectivity index (χ2v) is 3.90. The van der Waals surface area contributed by atoms with Crippen LogP contribution in [0.25, 0.3) is 0 Å². The summed E-state index contributed by atoms with van der Waals surface area (Å²) < 4.78 is 25.3. The van der Waals surface area contributed by atoms with E-state index in [1.54, 1.807) is 6.92 Å². The summed E-state index contributed by atoms with van der Waals surface area (Å²) in [5, 5.41) is 0. The molecule has 0 bridgehead atoms. The summed E-state index contributed by atoms with van der Waals surface area (Å²) in [6.45, 7) is 2.97. The van der Waals surface area contributed by atoms with Crippen LogP contribution in [0.5, 0.6) is 0 Å². The molecule has 0 atom stereocenters. The van der Waals surface area contributed by atoms with Crippen molar-refractivity contribution in [1.29, 1.82) is 0 Å². The smallest absolute Gasteiger partial charge is 0.265 e. The maximum atomic E-state index is 12.5. The minimum atomic E-state index is -2.52. The van der Waals surface area contributed by atoms with E-state index in [1.807, 2.05) is 0 Å². The summed E-state index contributed by atoms with van der Waals surface area (Å²) in [6.07, 6.45) is -2.52. The zero-order chi connectivity index (χ0) is 10.9. The first-order valence-electron chi connectivity index (χ1n) is 4.02. The molecular formula is C10H9BrF2O. The lowest BCUT2D eigenvalue weighted by Crippen LogP contribution is -1.98. The second-order valence-electron chi connectivity index (χ2n) is 3.05. The lowest BCUT2D eigenvalue weighted by atomic mass is 10.0. The molecular weight excluding hydrogens is 254 g/mol. The molecule has 0 aliphatic carbocycles. The number of Topliss-reactive ketones (excluding diaryl/α,β-unsaturated/α-hetero) is 1. The van der Waals surface area contributed by atoms with Crippen LogP contribution in [0, 0.1) is 6.92 Å². The Morgan fingerprint density at radius 1 is 1.43 bits per heavy atom. The largest absolute Gasteiger partial charge is 0.295 e. The lowest BCUT2D eigenvalue weighted by molar-refractivity contribution is 0.101. The molecule has 1 aromatic carbocycles. The number of alkyl halides is 2. The van der Waals surface area contributed by atoms with E-state index in [0.717, 1.165) is 0 Å². The number of carbonyl (C=O) groups excluding carboxylic acids is 1. The van der Waals surface area contributed by atoms with Crippen molar-refractivity contribution < 1.29 is 13.6 Å². The molecule has 0 amide bonds. The Balaban J connectivity index is 3.32. The van der Waals surface area contributed by atoms with Crippen LogP contribution in [0.4, 0.5) is 8.78 Å². The quantitative estimate of drug-likeness (QED) is 0.739. The Labute approximate surface area is 89.3 Å². The molecule has 0 fully saturated rings. The lowest BCUT2D eigenvalue weighted by Gasteiger charge is -2.09. The highest BCUT2D eigenvalue weighted by atomic mass is 79.9. The minimum absolute atomic E-state index is 0.0463. The third-order valence-corrected chi connectivity index (χ3v) is 2.62. The Kier molecular flexibility index (Phi) is 3.37. The average Bonchev–Trinajstić information content (AvgIpc) is 2.01. The third kappa shape index (κ3) is 2.18. The van der Waals surface area contributed by atoms with E-state index < -0.39 is 6.43 Å². The number of hydrogen-bond acceptors (Lipinski definition) is 1. The first kappa shape index (κ1) is 11.3. The Morgan fingerprint density at radius 3 is 2.36 bits per heavy atom. The number of ketones is 1. The predicted octanol–water partition coefficient (Wildman–Crippen LogP) is 3.90. The van der Waals surface area contributed by atoms with Crippen LogP contribution in [0.2, 0.25) is 0 Å². The normalized spacial score (nSPS) is 10.7. The van der Waals surface area contributed by atoms with Crippen molar-refractivity contribution in [3.05, 3.63) is 33.3 Å². The van der Waals surface area contributed by atoms with Gasteiger partial charge in [-0.05, 0) is 31.5 Å². The number of halogens is 3. The van der Waals surface area contributed by atoms with Crippen LogP contribution in [0.3, 0.4) is 0 Å². The maximum absolute atomic E-state index is 12.5. The number of carbonyl (C=O) groups is 1. The van der Waals surface area contributed by atoms with Crippen molar-refractivity contribution >= 4 is 21.7 Å². The zero-order valence-electron chi connectivity index (χ0n) is 7.77. The SMILES string of the molecule is CC(=O)c1cc(C)c(C(F)F)c(Br)c1. The molecule has 1 rings (SSSR count). The van der Waals surface area contributed by atoms with E-state index >= 15 is 0 Å². The van der Waals surface area contributed by atoms with E-state index in [1.165, 1.54) is 19.1 Å². The van der Waals surface area contributed by atoms with E-state index in [-0.39, 0.29) is 15.8 Å². The molecule has 0 radical (unpaired) electrons. The fourth-order valence-electron chi connectivity index (χ4n) is 1.23. The van der Waals surface area contributed by atoms with Crippen molar-refractivity contribution in [2.75, 3.05) is 0 Å². The molecule has 0 N–H and O–H groups in total.